The molecule has 3 aliphatic rings. The number of hydrogen-bond acceptors (Lipinski definition) is 7. The molecule has 0 aliphatic heterocycles. The number of carbonyl (C=O) groups is 2. The molecule has 5 rings (SSSR count). The molecule has 3 N–H and O–H groups in total. The summed E-state index contributed by atoms with van der Waals surface area (Å²) in [4.78, 5) is 34.3. The molecule has 0 radical (unpaired) electrons. The number of aromatic nitrogens is 1. The Hall–Kier alpha value is -2.94. The number of carbonyl (C=O) groups excluding carboxylic acids is 1. The number of rotatable bonds is 7. The molecule has 0 spiro atoms. The Morgan fingerprint density at radius 1 is 1.33 bits per heavy atom. The quantitative estimate of drug-likeness (QED) is 0.444. The summed E-state index contributed by atoms with van der Waals surface area (Å²) in [6, 6.07) is 5.78. The second kappa shape index (κ2) is 9.84. The minimum Gasteiger partial charge on any atom is -0.508 e. The predicted octanol–water partition coefficient (Wildman–Crippen LogP) is 5.12. The number of benzene rings is 1. The van der Waals surface area contributed by atoms with Gasteiger partial charge in [-0.1, -0.05) is 18.1 Å². The molecular weight excluding hydrogens is 478 g/mol. The Labute approximate surface area is 214 Å². The number of amides is 1. The molecule has 5 unspecified atom stereocenters. The Morgan fingerprint density at radius 3 is 2.92 bits per heavy atom. The SMILES string of the molecule is Cc1cnc(NC(=O)CCC2CC(=NOCC(=O)O)C3(C)CCC4c5ccc(O)cc5CCC4C23)s1. The van der Waals surface area contributed by atoms with E-state index in [1.54, 1.807) is 12.3 Å². The monoisotopic (exact) mass is 511 g/mol. The lowest BCUT2D eigenvalue weighted by Gasteiger charge is -2.50. The van der Waals surface area contributed by atoms with Crippen LogP contribution in [0.15, 0.2) is 29.6 Å². The number of aromatic hydroxyl groups is 1. The van der Waals surface area contributed by atoms with E-state index in [1.807, 2.05) is 13.0 Å². The van der Waals surface area contributed by atoms with Gasteiger partial charge in [0.25, 0.3) is 0 Å². The fourth-order valence-electron chi connectivity index (χ4n) is 7.13. The van der Waals surface area contributed by atoms with Gasteiger partial charge in [0.05, 0.1) is 5.71 Å². The van der Waals surface area contributed by atoms with Crippen LogP contribution in [0.5, 0.6) is 5.75 Å². The first-order valence-electron chi connectivity index (χ1n) is 12.7. The highest BCUT2D eigenvalue weighted by molar-refractivity contribution is 7.15. The summed E-state index contributed by atoms with van der Waals surface area (Å²) in [7, 11) is 0. The molecule has 1 amide bonds. The number of aliphatic carboxylic acids is 1. The van der Waals surface area contributed by atoms with Crippen LogP contribution in [-0.4, -0.2) is 39.4 Å². The molecule has 9 heteroatoms. The van der Waals surface area contributed by atoms with Crippen molar-refractivity contribution in [1.82, 2.24) is 4.98 Å². The van der Waals surface area contributed by atoms with Crippen molar-refractivity contribution in [2.24, 2.45) is 28.3 Å². The zero-order valence-electron chi connectivity index (χ0n) is 20.7. The van der Waals surface area contributed by atoms with E-state index in [-0.39, 0.29) is 17.2 Å². The number of nitrogens with one attached hydrogen (secondary N) is 1. The number of fused-ring (bicyclic) bond motifs is 5. The average Bonchev–Trinajstić information content (AvgIpc) is 3.36. The molecule has 5 atom stereocenters. The van der Waals surface area contributed by atoms with Gasteiger partial charge >= 0.3 is 5.97 Å². The second-order valence-corrected chi connectivity index (χ2v) is 11.9. The number of phenols is 1. The lowest BCUT2D eigenvalue weighted by Crippen LogP contribution is -2.44. The van der Waals surface area contributed by atoms with Crippen LogP contribution in [0.4, 0.5) is 5.13 Å². The number of thiazole rings is 1. The van der Waals surface area contributed by atoms with Crippen molar-refractivity contribution >= 4 is 34.1 Å². The van der Waals surface area contributed by atoms with Gasteiger partial charge in [-0.25, -0.2) is 9.78 Å². The molecule has 8 nitrogen and oxygen atoms in total. The van der Waals surface area contributed by atoms with Crippen molar-refractivity contribution in [3.05, 3.63) is 40.4 Å². The third-order valence-electron chi connectivity index (χ3n) is 8.56. The Morgan fingerprint density at radius 2 is 2.17 bits per heavy atom. The van der Waals surface area contributed by atoms with E-state index >= 15 is 0 Å². The molecule has 2 saturated carbocycles. The number of carboxylic acids is 1. The van der Waals surface area contributed by atoms with Gasteiger partial charge in [-0.3, -0.25) is 4.79 Å². The Kier molecular flexibility index (Phi) is 6.76. The average molecular weight is 512 g/mol. The van der Waals surface area contributed by atoms with Crippen LogP contribution in [0.2, 0.25) is 0 Å². The second-order valence-electron chi connectivity index (χ2n) is 10.7. The number of hydrogen-bond donors (Lipinski definition) is 3. The van der Waals surface area contributed by atoms with E-state index < -0.39 is 12.6 Å². The van der Waals surface area contributed by atoms with Crippen molar-refractivity contribution in [1.29, 1.82) is 0 Å². The number of oxime groups is 1. The highest BCUT2D eigenvalue weighted by atomic mass is 32.1. The van der Waals surface area contributed by atoms with E-state index in [9.17, 15) is 14.7 Å². The molecule has 3 aliphatic carbocycles. The van der Waals surface area contributed by atoms with Crippen LogP contribution in [-0.2, 0) is 20.8 Å². The standard InChI is InChI=1S/C27H33N3O5S/c1-15-13-28-26(36-15)29-23(32)8-4-17-12-22(30-35-14-24(33)34)27(2)10-9-20-19-7-5-18(31)11-16(19)3-6-21(20)25(17)27/h5,7,11,13,17,20-21,25,31H,3-4,6,8-10,12,14H2,1-2H3,(H,33,34)(H,28,29,32). The van der Waals surface area contributed by atoms with Crippen LogP contribution in [0.3, 0.4) is 0 Å². The third kappa shape index (κ3) is 4.73. The van der Waals surface area contributed by atoms with Gasteiger partial charge in [0.1, 0.15) is 5.75 Å². The molecule has 192 valence electrons. The van der Waals surface area contributed by atoms with Crippen LogP contribution in [0, 0.1) is 30.1 Å². The summed E-state index contributed by atoms with van der Waals surface area (Å²) in [6.07, 6.45) is 7.53. The summed E-state index contributed by atoms with van der Waals surface area (Å²) < 4.78 is 0. The maximum absolute atomic E-state index is 12.7. The van der Waals surface area contributed by atoms with Gasteiger partial charge in [0.15, 0.2) is 5.13 Å². The summed E-state index contributed by atoms with van der Waals surface area (Å²) in [5, 5.41) is 26.9. The van der Waals surface area contributed by atoms with Crippen LogP contribution in [0.25, 0.3) is 0 Å². The number of nitrogens with zero attached hydrogens (tertiary/aromatic N) is 2. The van der Waals surface area contributed by atoms with Crippen molar-refractivity contribution in [2.75, 3.05) is 11.9 Å². The van der Waals surface area contributed by atoms with E-state index in [0.29, 0.717) is 35.1 Å². The first-order chi connectivity index (χ1) is 17.2. The molecule has 2 aromatic rings. The summed E-state index contributed by atoms with van der Waals surface area (Å²) in [5.74, 6) is 0.704. The zero-order valence-corrected chi connectivity index (χ0v) is 21.5. The van der Waals surface area contributed by atoms with Gasteiger partial charge in [0.2, 0.25) is 12.5 Å². The van der Waals surface area contributed by atoms with Crippen molar-refractivity contribution in [2.45, 2.75) is 64.7 Å². The maximum atomic E-state index is 12.7. The van der Waals surface area contributed by atoms with Gasteiger partial charge in [-0.05, 0) is 92.4 Å². The van der Waals surface area contributed by atoms with Gasteiger partial charge in [-0.15, -0.1) is 11.3 Å². The topological polar surface area (TPSA) is 121 Å². The van der Waals surface area contributed by atoms with E-state index in [0.717, 1.165) is 49.1 Å². The van der Waals surface area contributed by atoms with Crippen LogP contribution >= 0.6 is 11.3 Å². The molecular formula is C27H33N3O5S. The summed E-state index contributed by atoms with van der Waals surface area (Å²) in [5.41, 5.74) is 3.34. The van der Waals surface area contributed by atoms with Crippen molar-refractivity contribution < 1.29 is 24.6 Å². The normalized spacial score (nSPS) is 29.8. The fourth-order valence-corrected chi connectivity index (χ4v) is 7.81. The first kappa shape index (κ1) is 24.7. The fraction of sp³-hybridized carbons (Fsp3) is 0.556. The number of anilines is 1. The first-order valence-corrected chi connectivity index (χ1v) is 13.5. The largest absolute Gasteiger partial charge is 0.508 e. The summed E-state index contributed by atoms with van der Waals surface area (Å²) in [6.45, 7) is 3.76. The zero-order chi connectivity index (χ0) is 25.4. The highest BCUT2D eigenvalue weighted by Gasteiger charge is 2.57. The van der Waals surface area contributed by atoms with Gasteiger partial charge in [0, 0.05) is 22.9 Å². The minimum absolute atomic E-state index is 0.0320. The van der Waals surface area contributed by atoms with Crippen LogP contribution in [0.1, 0.15) is 67.4 Å². The van der Waals surface area contributed by atoms with E-state index in [1.165, 1.54) is 22.5 Å². The van der Waals surface area contributed by atoms with Crippen molar-refractivity contribution in [3.63, 3.8) is 0 Å². The molecule has 1 aromatic carbocycles. The lowest BCUT2D eigenvalue weighted by atomic mass is 9.54. The minimum atomic E-state index is -1.04. The molecule has 0 saturated heterocycles. The highest BCUT2D eigenvalue weighted by Crippen LogP contribution is 2.62. The van der Waals surface area contributed by atoms with E-state index in [2.05, 4.69) is 28.4 Å². The predicted molar refractivity (Wildman–Crippen MR) is 137 cm³/mol. The Bertz CT molecular complexity index is 1190. The van der Waals surface area contributed by atoms with Gasteiger partial charge < -0.3 is 20.4 Å². The number of carboxylic acid groups (broad SMARTS) is 1. The van der Waals surface area contributed by atoms with Crippen molar-refractivity contribution in [3.8, 4) is 5.75 Å². The van der Waals surface area contributed by atoms with E-state index in [4.69, 9.17) is 9.94 Å². The van der Waals surface area contributed by atoms with Gasteiger partial charge in [-0.2, -0.15) is 0 Å². The third-order valence-corrected chi connectivity index (χ3v) is 9.38. The number of phenolic OH excluding ortho intramolecular Hbond substituents is 1. The number of aryl methyl sites for hydroxylation is 2. The molecule has 36 heavy (non-hydrogen) atoms. The lowest BCUT2D eigenvalue weighted by molar-refractivity contribution is -0.142. The van der Waals surface area contributed by atoms with Crippen LogP contribution < -0.4 is 5.32 Å². The molecule has 1 aromatic heterocycles. The smallest absolute Gasteiger partial charge is 0.344 e. The molecule has 0 bridgehead atoms. The molecule has 1 heterocycles. The maximum Gasteiger partial charge on any atom is 0.344 e. The molecule has 2 fully saturated rings. The summed E-state index contributed by atoms with van der Waals surface area (Å²) >= 11 is 1.47. The Balaban J connectivity index is 1.38.